The number of halogens is 1. The van der Waals surface area contributed by atoms with Crippen molar-refractivity contribution in [1.82, 2.24) is 0 Å². The summed E-state index contributed by atoms with van der Waals surface area (Å²) in [6.45, 7) is 0. The van der Waals surface area contributed by atoms with E-state index in [2.05, 4.69) is 0 Å². The Balaban J connectivity index is 1.82. The van der Waals surface area contributed by atoms with Gasteiger partial charge in [0.15, 0.2) is 0 Å². The molecule has 2 aromatic rings. The maximum atomic E-state index is 12.5. The smallest absolute Gasteiger partial charge is 0.247 e. The number of hydrogen-bond acceptors (Lipinski definition) is 4. The van der Waals surface area contributed by atoms with Gasteiger partial charge in [0, 0.05) is 22.0 Å². The van der Waals surface area contributed by atoms with Gasteiger partial charge in [-0.1, -0.05) is 23.7 Å². The lowest BCUT2D eigenvalue weighted by atomic mass is 10.3. The summed E-state index contributed by atoms with van der Waals surface area (Å²) in [6, 6.07) is 14.0. The zero-order valence-electron chi connectivity index (χ0n) is 11.5. The number of nitrogen functional groups attached to an aromatic ring is 1. The highest BCUT2D eigenvalue weighted by molar-refractivity contribution is 8.00. The highest BCUT2D eigenvalue weighted by Crippen LogP contribution is 2.36. The zero-order chi connectivity index (χ0) is 15.7. The van der Waals surface area contributed by atoms with E-state index in [0.717, 1.165) is 4.90 Å². The molecule has 0 saturated carbocycles. The summed E-state index contributed by atoms with van der Waals surface area (Å²) in [6.07, 6.45) is 0.167. The van der Waals surface area contributed by atoms with Crippen LogP contribution in [0, 0.1) is 0 Å². The Kier molecular flexibility index (Phi) is 4.09. The predicted octanol–water partition coefficient (Wildman–Crippen LogP) is 3.35. The summed E-state index contributed by atoms with van der Waals surface area (Å²) in [7, 11) is 0. The van der Waals surface area contributed by atoms with Crippen LogP contribution in [0.1, 0.15) is 6.42 Å². The molecule has 0 aromatic heterocycles. The molecule has 1 heterocycles. The number of hydrogen-bond donors (Lipinski definition) is 1. The second-order valence-electron chi connectivity index (χ2n) is 4.89. The molecule has 1 fully saturated rings. The summed E-state index contributed by atoms with van der Waals surface area (Å²) >= 11 is 7.17. The highest BCUT2D eigenvalue weighted by atomic mass is 35.5. The van der Waals surface area contributed by atoms with Crippen molar-refractivity contribution in [3.63, 3.8) is 0 Å². The summed E-state index contributed by atoms with van der Waals surface area (Å²) in [5.41, 5.74) is 7.05. The molecule has 6 heteroatoms. The van der Waals surface area contributed by atoms with Gasteiger partial charge in [0.1, 0.15) is 0 Å². The number of para-hydroxylation sites is 1. The molecule has 1 saturated heterocycles. The topological polar surface area (TPSA) is 63.4 Å². The second-order valence-corrected chi connectivity index (χ2v) is 6.57. The van der Waals surface area contributed by atoms with Crippen LogP contribution in [0.2, 0.25) is 5.02 Å². The lowest BCUT2D eigenvalue weighted by Crippen LogP contribution is -2.31. The van der Waals surface area contributed by atoms with E-state index >= 15 is 0 Å². The molecule has 1 aliphatic heterocycles. The predicted molar refractivity (Wildman–Crippen MR) is 89.1 cm³/mol. The van der Waals surface area contributed by atoms with E-state index in [9.17, 15) is 9.59 Å². The van der Waals surface area contributed by atoms with Crippen molar-refractivity contribution in [1.29, 1.82) is 0 Å². The third-order valence-corrected chi connectivity index (χ3v) is 4.91. The monoisotopic (exact) mass is 332 g/mol. The Morgan fingerprint density at radius 3 is 2.45 bits per heavy atom. The van der Waals surface area contributed by atoms with Crippen molar-refractivity contribution in [3.05, 3.63) is 53.6 Å². The third kappa shape index (κ3) is 2.82. The van der Waals surface area contributed by atoms with Crippen LogP contribution in [-0.2, 0) is 9.59 Å². The quantitative estimate of drug-likeness (QED) is 0.691. The Labute approximate surface area is 137 Å². The number of carbonyl (C=O) groups is 2. The molecule has 3 rings (SSSR count). The zero-order valence-corrected chi connectivity index (χ0v) is 13.1. The lowest BCUT2D eigenvalue weighted by Gasteiger charge is -2.15. The standard InChI is InChI=1S/C16H13ClN2O2S/c17-10-5-7-11(8-6-10)19-15(20)9-14(16(19)21)22-13-4-2-1-3-12(13)18/h1-8,14H,9,18H2. The van der Waals surface area contributed by atoms with Gasteiger partial charge in [0.2, 0.25) is 11.8 Å². The minimum absolute atomic E-state index is 0.167. The van der Waals surface area contributed by atoms with Crippen molar-refractivity contribution in [2.75, 3.05) is 10.6 Å². The van der Waals surface area contributed by atoms with Crippen molar-refractivity contribution in [2.24, 2.45) is 0 Å². The number of nitrogens with two attached hydrogens (primary N) is 1. The largest absolute Gasteiger partial charge is 0.398 e. The van der Waals surface area contributed by atoms with Crippen LogP contribution in [0.3, 0.4) is 0 Å². The number of carbonyl (C=O) groups excluding carboxylic acids is 2. The molecule has 0 radical (unpaired) electrons. The van der Waals surface area contributed by atoms with Gasteiger partial charge in [-0.05, 0) is 36.4 Å². The third-order valence-electron chi connectivity index (χ3n) is 3.38. The van der Waals surface area contributed by atoms with E-state index < -0.39 is 5.25 Å². The van der Waals surface area contributed by atoms with Crippen LogP contribution in [0.15, 0.2) is 53.4 Å². The van der Waals surface area contributed by atoms with Gasteiger partial charge in [-0.15, -0.1) is 11.8 Å². The number of imide groups is 1. The SMILES string of the molecule is Nc1ccccc1SC1CC(=O)N(c2ccc(Cl)cc2)C1=O. The van der Waals surface area contributed by atoms with Gasteiger partial charge in [0.05, 0.1) is 10.9 Å². The average molecular weight is 333 g/mol. The highest BCUT2D eigenvalue weighted by Gasteiger charge is 2.40. The number of anilines is 2. The van der Waals surface area contributed by atoms with Crippen LogP contribution in [-0.4, -0.2) is 17.1 Å². The molecule has 1 atom stereocenters. The molecule has 1 unspecified atom stereocenters. The van der Waals surface area contributed by atoms with Gasteiger partial charge in [-0.25, -0.2) is 4.90 Å². The normalized spacial score (nSPS) is 18.0. The first-order valence-corrected chi connectivity index (χ1v) is 7.95. The van der Waals surface area contributed by atoms with Crippen molar-refractivity contribution >= 4 is 46.6 Å². The molecule has 0 aliphatic carbocycles. The number of benzene rings is 2. The lowest BCUT2D eigenvalue weighted by molar-refractivity contribution is -0.121. The van der Waals surface area contributed by atoms with Crippen LogP contribution in [0.5, 0.6) is 0 Å². The fraction of sp³-hybridized carbons (Fsp3) is 0.125. The fourth-order valence-corrected chi connectivity index (χ4v) is 3.52. The molecule has 2 N–H and O–H groups in total. The first-order valence-electron chi connectivity index (χ1n) is 6.70. The van der Waals surface area contributed by atoms with E-state index in [1.165, 1.54) is 16.7 Å². The van der Waals surface area contributed by atoms with Gasteiger partial charge < -0.3 is 5.73 Å². The average Bonchev–Trinajstić information content (AvgIpc) is 2.77. The molecule has 112 valence electrons. The Bertz CT molecular complexity index is 733. The van der Waals surface area contributed by atoms with Gasteiger partial charge >= 0.3 is 0 Å². The fourth-order valence-electron chi connectivity index (χ4n) is 2.30. The first kappa shape index (κ1) is 14.9. The van der Waals surface area contributed by atoms with Gasteiger partial charge in [0.25, 0.3) is 0 Å². The molecule has 0 spiro atoms. The van der Waals surface area contributed by atoms with E-state index in [1.54, 1.807) is 30.3 Å². The van der Waals surface area contributed by atoms with Crippen molar-refractivity contribution in [3.8, 4) is 0 Å². The molecular formula is C16H13ClN2O2S. The van der Waals surface area contributed by atoms with Gasteiger partial charge in [-0.2, -0.15) is 0 Å². The van der Waals surface area contributed by atoms with E-state index in [0.29, 0.717) is 16.4 Å². The number of thioether (sulfide) groups is 1. The molecule has 1 aliphatic rings. The molecule has 2 amide bonds. The first-order chi connectivity index (χ1) is 10.6. The van der Waals surface area contributed by atoms with Crippen LogP contribution in [0.25, 0.3) is 0 Å². The number of nitrogens with zero attached hydrogens (tertiary/aromatic N) is 1. The molecule has 2 aromatic carbocycles. The van der Waals surface area contributed by atoms with E-state index in [-0.39, 0.29) is 18.2 Å². The Morgan fingerprint density at radius 2 is 1.77 bits per heavy atom. The van der Waals surface area contributed by atoms with Crippen LogP contribution < -0.4 is 10.6 Å². The van der Waals surface area contributed by atoms with Gasteiger partial charge in [-0.3, -0.25) is 9.59 Å². The maximum Gasteiger partial charge on any atom is 0.247 e. The number of amides is 2. The maximum absolute atomic E-state index is 12.5. The Hall–Kier alpha value is -1.98. The molecule has 0 bridgehead atoms. The van der Waals surface area contributed by atoms with Crippen molar-refractivity contribution < 1.29 is 9.59 Å². The minimum Gasteiger partial charge on any atom is -0.398 e. The van der Waals surface area contributed by atoms with Crippen molar-refractivity contribution in [2.45, 2.75) is 16.6 Å². The summed E-state index contributed by atoms with van der Waals surface area (Å²) in [5.74, 6) is -0.431. The minimum atomic E-state index is -0.451. The van der Waals surface area contributed by atoms with E-state index in [1.807, 2.05) is 18.2 Å². The summed E-state index contributed by atoms with van der Waals surface area (Å²) in [4.78, 5) is 26.7. The number of rotatable bonds is 3. The van der Waals surface area contributed by atoms with E-state index in [4.69, 9.17) is 17.3 Å². The molecular weight excluding hydrogens is 320 g/mol. The molecule has 22 heavy (non-hydrogen) atoms. The second kappa shape index (κ2) is 6.02. The Morgan fingerprint density at radius 1 is 1.09 bits per heavy atom. The summed E-state index contributed by atoms with van der Waals surface area (Å²) in [5, 5.41) is 0.110. The van der Waals surface area contributed by atoms with Crippen LogP contribution >= 0.6 is 23.4 Å². The molecule has 4 nitrogen and oxygen atoms in total. The van der Waals surface area contributed by atoms with Crippen LogP contribution in [0.4, 0.5) is 11.4 Å². The summed E-state index contributed by atoms with van der Waals surface area (Å²) < 4.78 is 0.